The van der Waals surface area contributed by atoms with Gasteiger partial charge in [-0.05, 0) is 27.2 Å². The Kier molecular flexibility index (Phi) is 3.13. The van der Waals surface area contributed by atoms with Gasteiger partial charge < -0.3 is 4.74 Å². The molecule has 0 bridgehead atoms. The van der Waals surface area contributed by atoms with Gasteiger partial charge in [0.25, 0.3) is 0 Å². The van der Waals surface area contributed by atoms with E-state index in [4.69, 9.17) is 4.74 Å². The second-order valence-corrected chi connectivity index (χ2v) is 4.52. The quantitative estimate of drug-likeness (QED) is 0.597. The van der Waals surface area contributed by atoms with Crippen LogP contribution in [0.1, 0.15) is 34.1 Å². The number of hydrogen-bond acceptors (Lipinski definition) is 2. The Labute approximate surface area is 75.9 Å². The fraction of sp³-hybridized carbons (Fsp3) is 1.00. The van der Waals surface area contributed by atoms with Crippen molar-refractivity contribution in [2.24, 2.45) is 0 Å². The molecule has 1 heterocycles. The predicted molar refractivity (Wildman–Crippen MR) is 51.4 cm³/mol. The van der Waals surface area contributed by atoms with E-state index in [0.29, 0.717) is 11.6 Å². The van der Waals surface area contributed by atoms with Crippen molar-refractivity contribution in [3.63, 3.8) is 0 Å². The van der Waals surface area contributed by atoms with Crippen molar-refractivity contribution in [2.45, 2.75) is 45.8 Å². The summed E-state index contributed by atoms with van der Waals surface area (Å²) >= 11 is 0. The first kappa shape index (κ1) is 10.0. The number of hydrogen-bond donors (Lipinski definition) is 0. The average Bonchev–Trinajstić information content (AvgIpc) is 2.03. The molecule has 1 saturated heterocycles. The van der Waals surface area contributed by atoms with Gasteiger partial charge in [-0.3, -0.25) is 4.90 Å². The molecule has 1 fully saturated rings. The molecule has 2 nitrogen and oxygen atoms in total. The zero-order chi connectivity index (χ0) is 9.19. The summed E-state index contributed by atoms with van der Waals surface area (Å²) < 4.78 is 5.61. The van der Waals surface area contributed by atoms with Gasteiger partial charge in [-0.25, -0.2) is 0 Å². The fourth-order valence-corrected chi connectivity index (χ4v) is 1.58. The van der Waals surface area contributed by atoms with Gasteiger partial charge in [-0.2, -0.15) is 0 Å². The summed E-state index contributed by atoms with van der Waals surface area (Å²) in [5.41, 5.74) is 0.303. The Morgan fingerprint density at radius 3 is 2.58 bits per heavy atom. The molecule has 0 N–H and O–H groups in total. The Hall–Kier alpha value is -0.0800. The topological polar surface area (TPSA) is 12.5 Å². The van der Waals surface area contributed by atoms with Crippen LogP contribution < -0.4 is 0 Å². The van der Waals surface area contributed by atoms with E-state index in [1.54, 1.807) is 0 Å². The van der Waals surface area contributed by atoms with Crippen molar-refractivity contribution in [3.05, 3.63) is 0 Å². The molecule has 2 heteroatoms. The van der Waals surface area contributed by atoms with Crippen LogP contribution in [0.2, 0.25) is 0 Å². The van der Waals surface area contributed by atoms with Crippen LogP contribution in [-0.4, -0.2) is 36.2 Å². The predicted octanol–water partition coefficient (Wildman–Crippen LogP) is 1.90. The van der Waals surface area contributed by atoms with E-state index in [1.807, 2.05) is 0 Å². The SMILES string of the molecule is CC[C@@H]1CN(C(C)(C)C)CCO1. The van der Waals surface area contributed by atoms with E-state index in [2.05, 4.69) is 32.6 Å². The Balaban J connectivity index is 2.46. The monoisotopic (exact) mass is 171 g/mol. The van der Waals surface area contributed by atoms with Gasteiger partial charge >= 0.3 is 0 Å². The molecule has 1 atom stereocenters. The molecule has 0 unspecified atom stereocenters. The molecule has 1 aliphatic rings. The summed E-state index contributed by atoms with van der Waals surface area (Å²) in [4.78, 5) is 2.50. The summed E-state index contributed by atoms with van der Waals surface area (Å²) in [6.45, 7) is 12.1. The van der Waals surface area contributed by atoms with E-state index in [0.717, 1.165) is 26.1 Å². The number of rotatable bonds is 1. The molecule has 1 aliphatic heterocycles. The minimum atomic E-state index is 0.303. The third-order valence-electron chi connectivity index (χ3n) is 2.54. The Bertz CT molecular complexity index is 139. The van der Waals surface area contributed by atoms with E-state index in [9.17, 15) is 0 Å². The molecule has 0 aromatic carbocycles. The van der Waals surface area contributed by atoms with Crippen LogP contribution in [0.4, 0.5) is 0 Å². The van der Waals surface area contributed by atoms with Crippen molar-refractivity contribution in [1.82, 2.24) is 4.90 Å². The lowest BCUT2D eigenvalue weighted by molar-refractivity contribution is -0.0588. The lowest BCUT2D eigenvalue weighted by atomic mass is 10.0. The lowest BCUT2D eigenvalue weighted by Gasteiger charge is -2.41. The smallest absolute Gasteiger partial charge is 0.0700 e. The fourth-order valence-electron chi connectivity index (χ4n) is 1.58. The van der Waals surface area contributed by atoms with Gasteiger partial charge in [0.2, 0.25) is 0 Å². The molecule has 0 saturated carbocycles. The van der Waals surface area contributed by atoms with E-state index < -0.39 is 0 Å². The number of nitrogens with zero attached hydrogens (tertiary/aromatic N) is 1. The molecule has 0 aromatic heterocycles. The highest BCUT2D eigenvalue weighted by Gasteiger charge is 2.27. The average molecular weight is 171 g/mol. The van der Waals surface area contributed by atoms with Crippen LogP contribution >= 0.6 is 0 Å². The molecule has 1 rings (SSSR count). The summed E-state index contributed by atoms with van der Waals surface area (Å²) in [7, 11) is 0. The molecule has 0 aliphatic carbocycles. The standard InChI is InChI=1S/C10H21NO/c1-5-9-8-11(6-7-12-9)10(2,3)4/h9H,5-8H2,1-4H3/t9-/m1/s1. The van der Waals surface area contributed by atoms with Crippen LogP contribution in [0.25, 0.3) is 0 Å². The molecule has 0 radical (unpaired) electrons. The summed E-state index contributed by atoms with van der Waals surface area (Å²) in [6.07, 6.45) is 1.59. The van der Waals surface area contributed by atoms with Gasteiger partial charge in [0.1, 0.15) is 0 Å². The molecular formula is C10H21NO. The first-order chi connectivity index (χ1) is 5.54. The summed E-state index contributed by atoms with van der Waals surface area (Å²) in [6, 6.07) is 0. The minimum Gasteiger partial charge on any atom is -0.376 e. The van der Waals surface area contributed by atoms with Crippen LogP contribution in [0.15, 0.2) is 0 Å². The lowest BCUT2D eigenvalue weighted by Crippen LogP contribution is -2.51. The van der Waals surface area contributed by atoms with Crippen LogP contribution in [0.3, 0.4) is 0 Å². The van der Waals surface area contributed by atoms with Gasteiger partial charge in [0.15, 0.2) is 0 Å². The van der Waals surface area contributed by atoms with Crippen molar-refractivity contribution in [3.8, 4) is 0 Å². The Morgan fingerprint density at radius 1 is 1.42 bits per heavy atom. The van der Waals surface area contributed by atoms with E-state index in [-0.39, 0.29) is 0 Å². The maximum absolute atomic E-state index is 5.61. The zero-order valence-corrected chi connectivity index (χ0v) is 8.76. The van der Waals surface area contributed by atoms with Crippen molar-refractivity contribution >= 4 is 0 Å². The van der Waals surface area contributed by atoms with Gasteiger partial charge in [-0.15, -0.1) is 0 Å². The largest absolute Gasteiger partial charge is 0.376 e. The normalized spacial score (nSPS) is 27.5. The number of morpholine rings is 1. The van der Waals surface area contributed by atoms with Crippen LogP contribution in [0.5, 0.6) is 0 Å². The maximum Gasteiger partial charge on any atom is 0.0700 e. The van der Waals surface area contributed by atoms with Crippen molar-refractivity contribution < 1.29 is 4.74 Å². The molecule has 72 valence electrons. The highest BCUT2D eigenvalue weighted by Crippen LogP contribution is 2.18. The molecule has 0 spiro atoms. The summed E-state index contributed by atoms with van der Waals surface area (Å²) in [5, 5.41) is 0. The van der Waals surface area contributed by atoms with Gasteiger partial charge in [0, 0.05) is 18.6 Å². The number of ether oxygens (including phenoxy) is 1. The molecular weight excluding hydrogens is 150 g/mol. The third kappa shape index (κ3) is 2.46. The summed E-state index contributed by atoms with van der Waals surface area (Å²) in [5.74, 6) is 0. The Morgan fingerprint density at radius 2 is 2.08 bits per heavy atom. The highest BCUT2D eigenvalue weighted by atomic mass is 16.5. The van der Waals surface area contributed by atoms with E-state index >= 15 is 0 Å². The maximum atomic E-state index is 5.61. The second-order valence-electron chi connectivity index (χ2n) is 4.52. The van der Waals surface area contributed by atoms with Crippen molar-refractivity contribution in [1.29, 1.82) is 0 Å². The van der Waals surface area contributed by atoms with Crippen LogP contribution in [0, 0.1) is 0 Å². The van der Waals surface area contributed by atoms with Crippen molar-refractivity contribution in [2.75, 3.05) is 19.7 Å². The van der Waals surface area contributed by atoms with Gasteiger partial charge in [0.05, 0.1) is 12.7 Å². The first-order valence-corrected chi connectivity index (χ1v) is 4.90. The molecule has 12 heavy (non-hydrogen) atoms. The zero-order valence-electron chi connectivity index (χ0n) is 8.76. The molecule has 0 amide bonds. The van der Waals surface area contributed by atoms with Gasteiger partial charge in [-0.1, -0.05) is 6.92 Å². The molecule has 0 aromatic rings. The first-order valence-electron chi connectivity index (χ1n) is 4.90. The second kappa shape index (κ2) is 3.75. The minimum absolute atomic E-state index is 0.303. The van der Waals surface area contributed by atoms with E-state index in [1.165, 1.54) is 0 Å². The third-order valence-corrected chi connectivity index (χ3v) is 2.54. The highest BCUT2D eigenvalue weighted by molar-refractivity contribution is 4.81. The van der Waals surface area contributed by atoms with Crippen LogP contribution in [-0.2, 0) is 4.74 Å².